The molecule has 5 rings (SSSR count). The van der Waals surface area contributed by atoms with E-state index in [-0.39, 0.29) is 6.61 Å². The maximum absolute atomic E-state index is 10.1. The first kappa shape index (κ1) is 23.8. The Hall–Kier alpha value is -2.92. The van der Waals surface area contributed by atoms with E-state index in [4.69, 9.17) is 10.1 Å². The van der Waals surface area contributed by atoms with E-state index in [2.05, 4.69) is 41.5 Å². The molecule has 0 unspecified atom stereocenters. The lowest BCUT2D eigenvalue weighted by Gasteiger charge is -2.34. The third-order valence-corrected chi connectivity index (χ3v) is 6.81. The second-order valence-corrected chi connectivity index (χ2v) is 9.49. The third kappa shape index (κ3) is 5.84. The van der Waals surface area contributed by atoms with E-state index in [1.54, 1.807) is 13.1 Å². The Balaban J connectivity index is 1.26. The van der Waals surface area contributed by atoms with Crippen LogP contribution in [0, 0.1) is 0 Å². The van der Waals surface area contributed by atoms with Gasteiger partial charge in [0.1, 0.15) is 11.3 Å². The predicted octanol–water partition coefficient (Wildman–Crippen LogP) is 2.29. The Morgan fingerprint density at radius 3 is 2.51 bits per heavy atom. The Kier molecular flexibility index (Phi) is 7.33. The van der Waals surface area contributed by atoms with E-state index in [1.807, 2.05) is 18.3 Å². The van der Waals surface area contributed by atoms with E-state index in [0.717, 1.165) is 68.6 Å². The number of aliphatic hydroxyl groups is 2. The number of pyridine rings is 2. The number of piperazine rings is 1. The van der Waals surface area contributed by atoms with Gasteiger partial charge in [0.2, 0.25) is 5.95 Å². The summed E-state index contributed by atoms with van der Waals surface area (Å²) < 4.78 is 0. The maximum atomic E-state index is 10.1. The summed E-state index contributed by atoms with van der Waals surface area (Å²) in [5.41, 5.74) is 2.50. The molecule has 0 radical (unpaired) electrons. The molecule has 0 amide bonds. The minimum absolute atomic E-state index is 0.219. The lowest BCUT2D eigenvalue weighted by atomic mass is 9.93. The first-order chi connectivity index (χ1) is 17.1. The fourth-order valence-electron chi connectivity index (χ4n) is 4.46. The van der Waals surface area contributed by atoms with Crippen molar-refractivity contribution in [1.29, 1.82) is 0 Å². The van der Waals surface area contributed by atoms with Gasteiger partial charge in [-0.2, -0.15) is 0 Å². The van der Waals surface area contributed by atoms with Gasteiger partial charge in [-0.15, -0.1) is 0 Å². The topological polar surface area (TPSA) is 123 Å². The summed E-state index contributed by atoms with van der Waals surface area (Å²) in [6.45, 7) is 7.50. The number of nitrogens with one attached hydrogen (secondary N) is 2. The molecule has 4 N–H and O–H groups in total. The zero-order chi connectivity index (χ0) is 24.2. The standard InChI is InChI=1S/C25H34N8O2/c1-17(35)21-13-19-15-27-25(31-23(19)24(29-21)28-20-3-2-4-20)30-22-6-5-18(14-26-22)16-33-9-7-32(8-10-33)11-12-34/h5-6,13-15,17,20,34-35H,2-4,7-12,16H2,1H3,(H,28,29)(H,26,27,30,31)/t17-/m1/s1. The molecule has 1 aliphatic carbocycles. The molecule has 3 aromatic rings. The molecular weight excluding hydrogens is 444 g/mol. The SMILES string of the molecule is C[C@@H](O)c1cc2cnc(Nc3ccc(CN4CCN(CCO)CC4)cn3)nc2c(NC2CCC2)n1. The van der Waals surface area contributed by atoms with Crippen LogP contribution in [0.15, 0.2) is 30.6 Å². The van der Waals surface area contributed by atoms with Gasteiger partial charge in [-0.1, -0.05) is 6.07 Å². The lowest BCUT2D eigenvalue weighted by molar-refractivity contribution is 0.108. The van der Waals surface area contributed by atoms with Crippen molar-refractivity contribution in [3.05, 3.63) is 41.9 Å². The Bertz CT molecular complexity index is 1130. The molecule has 1 aliphatic heterocycles. The minimum atomic E-state index is -0.661. The number of hydrogen-bond donors (Lipinski definition) is 4. The Morgan fingerprint density at radius 1 is 1.06 bits per heavy atom. The second-order valence-electron chi connectivity index (χ2n) is 9.49. The highest BCUT2D eigenvalue weighted by Gasteiger charge is 2.21. The maximum Gasteiger partial charge on any atom is 0.229 e. The van der Waals surface area contributed by atoms with Gasteiger partial charge in [-0.05, 0) is 43.9 Å². The quantitative estimate of drug-likeness (QED) is 0.364. The molecule has 1 saturated carbocycles. The number of β-amino-alcohol motifs (C(OH)–C–C–N with tert-alkyl or cyclic N) is 1. The molecule has 1 saturated heterocycles. The molecule has 10 nitrogen and oxygen atoms in total. The smallest absolute Gasteiger partial charge is 0.229 e. The van der Waals surface area contributed by atoms with Crippen LogP contribution in [-0.4, -0.2) is 85.3 Å². The van der Waals surface area contributed by atoms with E-state index in [0.29, 0.717) is 29.3 Å². The molecule has 35 heavy (non-hydrogen) atoms. The number of nitrogens with zero attached hydrogens (tertiary/aromatic N) is 6. The summed E-state index contributed by atoms with van der Waals surface area (Å²) in [4.78, 5) is 23.1. The largest absolute Gasteiger partial charge is 0.395 e. The van der Waals surface area contributed by atoms with Gasteiger partial charge >= 0.3 is 0 Å². The van der Waals surface area contributed by atoms with Crippen molar-refractivity contribution >= 4 is 28.5 Å². The van der Waals surface area contributed by atoms with Gasteiger partial charge < -0.3 is 20.8 Å². The number of aliphatic hydroxyl groups excluding tert-OH is 2. The Morgan fingerprint density at radius 2 is 1.86 bits per heavy atom. The van der Waals surface area contributed by atoms with Crippen molar-refractivity contribution in [3.8, 4) is 0 Å². The van der Waals surface area contributed by atoms with E-state index in [1.165, 1.54) is 6.42 Å². The van der Waals surface area contributed by atoms with Crippen molar-refractivity contribution in [1.82, 2.24) is 29.7 Å². The summed E-state index contributed by atoms with van der Waals surface area (Å²) in [6.07, 6.45) is 6.44. The van der Waals surface area contributed by atoms with E-state index in [9.17, 15) is 5.11 Å². The number of fused-ring (bicyclic) bond motifs is 1. The van der Waals surface area contributed by atoms with Gasteiger partial charge in [0.15, 0.2) is 5.82 Å². The molecule has 2 aliphatic rings. The van der Waals surface area contributed by atoms with Gasteiger partial charge in [0, 0.05) is 63.1 Å². The summed E-state index contributed by atoms with van der Waals surface area (Å²) in [6, 6.07) is 6.27. The normalized spacial score (nSPS) is 18.4. The van der Waals surface area contributed by atoms with Crippen molar-refractivity contribution in [2.75, 3.05) is 50.0 Å². The van der Waals surface area contributed by atoms with Gasteiger partial charge in [0.25, 0.3) is 0 Å². The third-order valence-electron chi connectivity index (χ3n) is 6.81. The molecule has 1 atom stereocenters. The van der Waals surface area contributed by atoms with Crippen LogP contribution in [0.5, 0.6) is 0 Å². The first-order valence-electron chi connectivity index (χ1n) is 12.5. The summed E-state index contributed by atoms with van der Waals surface area (Å²) >= 11 is 0. The molecule has 0 aromatic carbocycles. The summed E-state index contributed by atoms with van der Waals surface area (Å²) in [7, 11) is 0. The van der Waals surface area contributed by atoms with Crippen LogP contribution in [0.1, 0.15) is 43.5 Å². The molecule has 186 valence electrons. The zero-order valence-corrected chi connectivity index (χ0v) is 20.2. The molecule has 3 aromatic heterocycles. The fourth-order valence-corrected chi connectivity index (χ4v) is 4.46. The van der Waals surface area contributed by atoms with Crippen molar-refractivity contribution in [2.24, 2.45) is 0 Å². The highest BCUT2D eigenvalue weighted by atomic mass is 16.3. The average molecular weight is 479 g/mol. The highest BCUT2D eigenvalue weighted by Crippen LogP contribution is 2.29. The molecule has 4 heterocycles. The van der Waals surface area contributed by atoms with Crippen LogP contribution in [0.3, 0.4) is 0 Å². The van der Waals surface area contributed by atoms with Crippen molar-refractivity contribution in [3.63, 3.8) is 0 Å². The molecule has 0 bridgehead atoms. The molecule has 10 heteroatoms. The molecule has 2 fully saturated rings. The number of rotatable bonds is 9. The van der Waals surface area contributed by atoms with Crippen LogP contribution in [0.2, 0.25) is 0 Å². The monoisotopic (exact) mass is 478 g/mol. The second kappa shape index (κ2) is 10.8. The molecular formula is C25H34N8O2. The van der Waals surface area contributed by atoms with E-state index < -0.39 is 6.10 Å². The van der Waals surface area contributed by atoms with Crippen LogP contribution < -0.4 is 10.6 Å². The zero-order valence-electron chi connectivity index (χ0n) is 20.2. The average Bonchev–Trinajstić information content (AvgIpc) is 2.84. The summed E-state index contributed by atoms with van der Waals surface area (Å²) in [5, 5.41) is 26.7. The van der Waals surface area contributed by atoms with Gasteiger partial charge in [0.05, 0.1) is 18.4 Å². The van der Waals surface area contributed by atoms with E-state index >= 15 is 0 Å². The van der Waals surface area contributed by atoms with Crippen LogP contribution in [0.25, 0.3) is 10.9 Å². The van der Waals surface area contributed by atoms with Crippen LogP contribution in [0.4, 0.5) is 17.6 Å². The Labute approximate surface area is 205 Å². The molecule has 0 spiro atoms. The van der Waals surface area contributed by atoms with Gasteiger partial charge in [-0.25, -0.2) is 19.9 Å². The van der Waals surface area contributed by atoms with Gasteiger partial charge in [-0.3, -0.25) is 9.80 Å². The van der Waals surface area contributed by atoms with Crippen LogP contribution in [-0.2, 0) is 6.54 Å². The number of anilines is 3. The highest BCUT2D eigenvalue weighted by molar-refractivity contribution is 5.89. The van der Waals surface area contributed by atoms with Crippen LogP contribution >= 0.6 is 0 Å². The van der Waals surface area contributed by atoms with Crippen molar-refractivity contribution in [2.45, 2.75) is 44.9 Å². The predicted molar refractivity (Wildman–Crippen MR) is 136 cm³/mol. The van der Waals surface area contributed by atoms with Crippen molar-refractivity contribution < 1.29 is 10.2 Å². The number of hydrogen-bond acceptors (Lipinski definition) is 10. The lowest BCUT2D eigenvalue weighted by Crippen LogP contribution is -2.46. The summed E-state index contributed by atoms with van der Waals surface area (Å²) in [5.74, 6) is 1.83. The fraction of sp³-hybridized carbons (Fsp3) is 0.520. The first-order valence-corrected chi connectivity index (χ1v) is 12.5. The number of aromatic nitrogens is 4. The minimum Gasteiger partial charge on any atom is -0.395 e.